The van der Waals surface area contributed by atoms with E-state index in [4.69, 9.17) is 9.15 Å². The van der Waals surface area contributed by atoms with Crippen molar-refractivity contribution in [2.45, 2.75) is 11.8 Å². The Labute approximate surface area is 161 Å². The van der Waals surface area contributed by atoms with Crippen LogP contribution in [0.25, 0.3) is 21.9 Å². The number of aromatic nitrogens is 1. The average Bonchev–Trinajstić information content (AvgIpc) is 3.01. The van der Waals surface area contributed by atoms with Gasteiger partial charge in [-0.1, -0.05) is 18.2 Å². The standard InChI is InChI=1S/C20H16N2O5S/c1-12-18(20(23)26-2)15-11-14(8-9-16(15)27-12)22-28(24,25)17-7-3-5-13-6-4-10-21-19(13)17/h3-11,22H,1-2H3. The van der Waals surface area contributed by atoms with E-state index in [1.807, 2.05) is 0 Å². The van der Waals surface area contributed by atoms with Crippen LogP contribution in [0.2, 0.25) is 0 Å². The predicted molar refractivity (Wildman–Crippen MR) is 105 cm³/mol. The molecule has 2 aromatic carbocycles. The second-order valence-electron chi connectivity index (χ2n) is 6.17. The summed E-state index contributed by atoms with van der Waals surface area (Å²) in [6, 6.07) is 13.2. The van der Waals surface area contributed by atoms with Crippen molar-refractivity contribution in [1.82, 2.24) is 4.98 Å². The first kappa shape index (κ1) is 18.0. The summed E-state index contributed by atoms with van der Waals surface area (Å²) in [4.78, 5) is 16.3. The average molecular weight is 396 g/mol. The number of anilines is 1. The van der Waals surface area contributed by atoms with E-state index in [1.165, 1.54) is 13.2 Å². The number of ether oxygens (including phenoxy) is 1. The maximum atomic E-state index is 13.0. The molecule has 1 N–H and O–H groups in total. The largest absolute Gasteiger partial charge is 0.465 e. The fourth-order valence-electron chi connectivity index (χ4n) is 3.14. The molecule has 0 atom stereocenters. The molecule has 0 unspecified atom stereocenters. The van der Waals surface area contributed by atoms with Gasteiger partial charge >= 0.3 is 5.97 Å². The number of carbonyl (C=O) groups excluding carboxylic acids is 1. The number of nitrogens with zero attached hydrogens (tertiary/aromatic N) is 1. The third kappa shape index (κ3) is 2.97. The summed E-state index contributed by atoms with van der Waals surface area (Å²) in [7, 11) is -2.62. The van der Waals surface area contributed by atoms with Gasteiger partial charge in [0.25, 0.3) is 10.0 Å². The number of hydrogen-bond acceptors (Lipinski definition) is 6. The molecule has 0 aliphatic heterocycles. The van der Waals surface area contributed by atoms with Gasteiger partial charge in [0.1, 0.15) is 21.8 Å². The minimum atomic E-state index is -3.90. The molecule has 8 heteroatoms. The van der Waals surface area contributed by atoms with Gasteiger partial charge in [0.05, 0.1) is 12.6 Å². The quantitative estimate of drug-likeness (QED) is 0.526. The second-order valence-corrected chi connectivity index (χ2v) is 7.82. The third-order valence-corrected chi connectivity index (χ3v) is 5.80. The first-order valence-electron chi connectivity index (χ1n) is 8.39. The number of aryl methyl sites for hydroxylation is 1. The van der Waals surface area contributed by atoms with Crippen LogP contribution in [-0.4, -0.2) is 26.5 Å². The van der Waals surface area contributed by atoms with E-state index < -0.39 is 16.0 Å². The van der Waals surface area contributed by atoms with E-state index in [9.17, 15) is 13.2 Å². The molecule has 142 valence electrons. The minimum Gasteiger partial charge on any atom is -0.465 e. The zero-order chi connectivity index (χ0) is 19.9. The number of benzene rings is 2. The molecule has 2 heterocycles. The zero-order valence-corrected chi connectivity index (χ0v) is 15.9. The van der Waals surface area contributed by atoms with Crippen molar-refractivity contribution >= 4 is 43.6 Å². The van der Waals surface area contributed by atoms with Crippen LogP contribution in [-0.2, 0) is 14.8 Å². The van der Waals surface area contributed by atoms with Gasteiger partial charge in [-0.05, 0) is 37.3 Å². The molecule has 0 spiro atoms. The molecule has 0 fully saturated rings. The Morgan fingerprint density at radius 3 is 2.71 bits per heavy atom. The highest BCUT2D eigenvalue weighted by atomic mass is 32.2. The Bertz CT molecular complexity index is 1320. The van der Waals surface area contributed by atoms with Gasteiger partial charge in [0, 0.05) is 22.7 Å². The molecule has 2 aromatic heterocycles. The van der Waals surface area contributed by atoms with Gasteiger partial charge in [0.15, 0.2) is 0 Å². The normalized spacial score (nSPS) is 11.6. The molecule has 0 amide bonds. The van der Waals surface area contributed by atoms with Crippen LogP contribution in [0.3, 0.4) is 0 Å². The molecular formula is C20H16N2O5S. The van der Waals surface area contributed by atoms with Crippen LogP contribution >= 0.6 is 0 Å². The summed E-state index contributed by atoms with van der Waals surface area (Å²) in [5.74, 6) is -0.144. The molecule has 0 saturated heterocycles. The van der Waals surface area contributed by atoms with Crippen molar-refractivity contribution in [1.29, 1.82) is 0 Å². The van der Waals surface area contributed by atoms with Gasteiger partial charge in [0.2, 0.25) is 0 Å². The summed E-state index contributed by atoms with van der Waals surface area (Å²) in [6.07, 6.45) is 1.55. The Hall–Kier alpha value is -3.39. The van der Waals surface area contributed by atoms with Crippen LogP contribution in [0.15, 0.2) is 64.0 Å². The summed E-state index contributed by atoms with van der Waals surface area (Å²) in [5.41, 5.74) is 1.41. The van der Waals surface area contributed by atoms with Crippen molar-refractivity contribution in [2.24, 2.45) is 0 Å². The monoisotopic (exact) mass is 396 g/mol. The van der Waals surface area contributed by atoms with E-state index in [0.29, 0.717) is 27.9 Å². The van der Waals surface area contributed by atoms with Gasteiger partial charge in [-0.15, -0.1) is 0 Å². The van der Waals surface area contributed by atoms with Crippen molar-refractivity contribution in [3.8, 4) is 0 Å². The molecule has 28 heavy (non-hydrogen) atoms. The molecule has 4 rings (SSSR count). The van der Waals surface area contributed by atoms with Crippen molar-refractivity contribution in [3.63, 3.8) is 0 Å². The number of furan rings is 1. The fourth-order valence-corrected chi connectivity index (χ4v) is 4.37. The number of rotatable bonds is 4. The second kappa shape index (κ2) is 6.65. The van der Waals surface area contributed by atoms with Crippen LogP contribution < -0.4 is 4.72 Å². The molecule has 0 radical (unpaired) electrons. The van der Waals surface area contributed by atoms with Crippen LogP contribution in [0.1, 0.15) is 16.1 Å². The SMILES string of the molecule is COC(=O)c1c(C)oc2ccc(NS(=O)(=O)c3cccc4cccnc34)cc12. The highest BCUT2D eigenvalue weighted by Crippen LogP contribution is 2.30. The number of pyridine rings is 1. The van der Waals surface area contributed by atoms with Gasteiger partial charge in [-0.3, -0.25) is 9.71 Å². The Balaban J connectivity index is 1.79. The zero-order valence-electron chi connectivity index (χ0n) is 15.1. The number of esters is 1. The van der Waals surface area contributed by atoms with Crippen LogP contribution in [0, 0.1) is 6.92 Å². The van der Waals surface area contributed by atoms with Gasteiger partial charge in [-0.25, -0.2) is 13.2 Å². The highest BCUT2D eigenvalue weighted by Gasteiger charge is 2.22. The number of methoxy groups -OCH3 is 1. The summed E-state index contributed by atoms with van der Waals surface area (Å²) in [5, 5.41) is 1.19. The Kier molecular flexibility index (Phi) is 4.27. The number of sulfonamides is 1. The first-order chi connectivity index (χ1) is 13.4. The summed E-state index contributed by atoms with van der Waals surface area (Å²) in [6.45, 7) is 1.65. The lowest BCUT2D eigenvalue weighted by Crippen LogP contribution is -2.13. The maximum absolute atomic E-state index is 13.0. The number of para-hydroxylation sites is 1. The number of hydrogen-bond donors (Lipinski definition) is 1. The third-order valence-electron chi connectivity index (χ3n) is 4.39. The number of carbonyl (C=O) groups is 1. The lowest BCUT2D eigenvalue weighted by molar-refractivity contribution is 0.0600. The molecule has 0 saturated carbocycles. The topological polar surface area (TPSA) is 98.5 Å². The molecular weight excluding hydrogens is 380 g/mol. The predicted octanol–water partition coefficient (Wildman–Crippen LogP) is 3.88. The van der Waals surface area contributed by atoms with Crippen molar-refractivity contribution in [3.05, 3.63) is 66.1 Å². The highest BCUT2D eigenvalue weighted by molar-refractivity contribution is 7.93. The Morgan fingerprint density at radius 2 is 1.93 bits per heavy atom. The lowest BCUT2D eigenvalue weighted by Gasteiger charge is -2.10. The van der Waals surface area contributed by atoms with E-state index in [2.05, 4.69) is 9.71 Å². The maximum Gasteiger partial charge on any atom is 0.342 e. The Morgan fingerprint density at radius 1 is 1.14 bits per heavy atom. The lowest BCUT2D eigenvalue weighted by atomic mass is 10.1. The van der Waals surface area contributed by atoms with E-state index in [0.717, 1.165) is 5.39 Å². The molecule has 0 aliphatic carbocycles. The minimum absolute atomic E-state index is 0.0715. The van der Waals surface area contributed by atoms with E-state index >= 15 is 0 Å². The van der Waals surface area contributed by atoms with Gasteiger partial charge in [-0.2, -0.15) is 0 Å². The molecule has 4 aromatic rings. The molecule has 7 nitrogen and oxygen atoms in total. The molecule has 0 bridgehead atoms. The van der Waals surface area contributed by atoms with E-state index in [1.54, 1.807) is 55.6 Å². The summed E-state index contributed by atoms with van der Waals surface area (Å²) < 4.78 is 38.8. The van der Waals surface area contributed by atoms with Crippen molar-refractivity contribution < 1.29 is 22.4 Å². The smallest absolute Gasteiger partial charge is 0.342 e. The number of fused-ring (bicyclic) bond motifs is 2. The van der Waals surface area contributed by atoms with Gasteiger partial charge < -0.3 is 9.15 Å². The summed E-state index contributed by atoms with van der Waals surface area (Å²) >= 11 is 0. The van der Waals surface area contributed by atoms with Crippen molar-refractivity contribution in [2.75, 3.05) is 11.8 Å². The number of nitrogens with one attached hydrogen (secondary N) is 1. The van der Waals surface area contributed by atoms with E-state index in [-0.39, 0.29) is 10.5 Å². The molecule has 0 aliphatic rings. The van der Waals surface area contributed by atoms with Crippen LogP contribution in [0.5, 0.6) is 0 Å². The van der Waals surface area contributed by atoms with Crippen LogP contribution in [0.4, 0.5) is 5.69 Å². The first-order valence-corrected chi connectivity index (χ1v) is 9.87. The fraction of sp³-hybridized carbons (Fsp3) is 0.100.